The Morgan fingerprint density at radius 1 is 0.927 bits per heavy atom. The lowest BCUT2D eigenvalue weighted by atomic mass is 9.88. The largest absolute Gasteiger partial charge is 0.428 e. The van der Waals surface area contributed by atoms with Gasteiger partial charge in [0.15, 0.2) is 0 Å². The molecular weight excluding hydrogens is 631 g/mol. The quantitative estimate of drug-likeness (QED) is 0.220. The van der Waals surface area contributed by atoms with Crippen LogP contribution < -0.4 is 10.8 Å². The van der Waals surface area contributed by atoms with E-state index in [1.807, 2.05) is 19.3 Å². The Hall–Kier alpha value is -2.23. The third-order valence-corrected chi connectivity index (χ3v) is 8.96. The third kappa shape index (κ3) is 7.05. The van der Waals surface area contributed by atoms with Gasteiger partial charge in [-0.1, -0.05) is 31.5 Å². The molecule has 1 amide bonds. The molecule has 0 aromatic heterocycles. The maximum Gasteiger partial charge on any atom is 0.428 e. The summed E-state index contributed by atoms with van der Waals surface area (Å²) < 4.78 is 122. The Balaban J connectivity index is 2.05. The van der Waals surface area contributed by atoms with Crippen molar-refractivity contribution < 1.29 is 49.1 Å². The SMILES string of the molecule is CCSC(C)(SCC)C(=O)Nc1ccc(C2=CC(c3cc(C(F)(F)F)cc(C(F)(F)F)c3)(C(F)(F)F)ON2)cc1Cl. The zero-order chi connectivity index (χ0) is 31.0. The molecule has 4 nitrogen and oxygen atoms in total. The molecule has 1 aliphatic rings. The molecule has 226 valence electrons. The number of hydrogen-bond donors (Lipinski definition) is 2. The number of amides is 1. The van der Waals surface area contributed by atoms with Gasteiger partial charge in [-0.25, -0.2) is 0 Å². The molecule has 0 radical (unpaired) electrons. The number of halogens is 10. The minimum atomic E-state index is -5.50. The summed E-state index contributed by atoms with van der Waals surface area (Å²) in [5.41, 5.74) is -7.41. The fraction of sp³-hybridized carbons (Fsp3) is 0.400. The Kier molecular flexibility index (Phi) is 9.58. The normalized spacial score (nSPS) is 18.2. The predicted octanol–water partition coefficient (Wildman–Crippen LogP) is 8.87. The summed E-state index contributed by atoms with van der Waals surface area (Å²) in [5.74, 6) is 0.898. The number of hydroxylamine groups is 1. The van der Waals surface area contributed by atoms with Crippen molar-refractivity contribution in [2.75, 3.05) is 16.8 Å². The Morgan fingerprint density at radius 2 is 1.46 bits per heavy atom. The van der Waals surface area contributed by atoms with Crippen molar-refractivity contribution in [1.82, 2.24) is 5.48 Å². The van der Waals surface area contributed by atoms with E-state index in [2.05, 4.69) is 5.32 Å². The highest BCUT2D eigenvalue weighted by atomic mass is 35.5. The van der Waals surface area contributed by atoms with Gasteiger partial charge < -0.3 is 5.32 Å². The molecule has 0 bridgehead atoms. The molecule has 2 N–H and O–H groups in total. The van der Waals surface area contributed by atoms with Crippen LogP contribution in [-0.2, 0) is 27.6 Å². The lowest BCUT2D eigenvalue weighted by Crippen LogP contribution is -2.43. The molecule has 2 aromatic rings. The molecule has 0 aliphatic carbocycles. The molecule has 1 unspecified atom stereocenters. The second kappa shape index (κ2) is 11.8. The van der Waals surface area contributed by atoms with Crippen molar-refractivity contribution >= 4 is 52.4 Å². The van der Waals surface area contributed by atoms with Gasteiger partial charge in [-0.15, -0.1) is 23.5 Å². The molecule has 0 saturated heterocycles. The van der Waals surface area contributed by atoms with Gasteiger partial charge >= 0.3 is 18.5 Å². The first-order valence-electron chi connectivity index (χ1n) is 11.7. The van der Waals surface area contributed by atoms with E-state index in [0.29, 0.717) is 17.6 Å². The van der Waals surface area contributed by atoms with E-state index in [0.717, 1.165) is 6.07 Å². The Bertz CT molecular complexity index is 1290. The van der Waals surface area contributed by atoms with Crippen molar-refractivity contribution in [1.29, 1.82) is 0 Å². The van der Waals surface area contributed by atoms with Crippen LogP contribution >= 0.6 is 35.1 Å². The van der Waals surface area contributed by atoms with Gasteiger partial charge in [0.1, 0.15) is 4.08 Å². The Labute approximate surface area is 242 Å². The van der Waals surface area contributed by atoms with Crippen LogP contribution in [0.4, 0.5) is 45.2 Å². The fourth-order valence-corrected chi connectivity index (χ4v) is 6.63. The monoisotopic (exact) mass is 652 g/mol. The van der Waals surface area contributed by atoms with Gasteiger partial charge in [0.05, 0.1) is 27.5 Å². The number of nitrogens with one attached hydrogen (secondary N) is 2. The van der Waals surface area contributed by atoms with Crippen LogP contribution in [-0.4, -0.2) is 27.7 Å². The van der Waals surface area contributed by atoms with Crippen LogP contribution in [0.1, 0.15) is 43.0 Å². The van der Waals surface area contributed by atoms with Gasteiger partial charge in [-0.2, -0.15) is 39.5 Å². The molecular formula is C25H22ClF9N2O2S2. The molecule has 3 rings (SSSR count). The van der Waals surface area contributed by atoms with Crippen molar-refractivity contribution in [3.63, 3.8) is 0 Å². The molecule has 1 heterocycles. The van der Waals surface area contributed by atoms with Crippen LogP contribution in [0.2, 0.25) is 5.02 Å². The summed E-state index contributed by atoms with van der Waals surface area (Å²) in [5, 5.41) is 2.58. The summed E-state index contributed by atoms with van der Waals surface area (Å²) in [6.45, 7) is 5.48. The smallest absolute Gasteiger partial charge is 0.323 e. The summed E-state index contributed by atoms with van der Waals surface area (Å²) >= 11 is 9.06. The highest BCUT2D eigenvalue weighted by Crippen LogP contribution is 2.50. The van der Waals surface area contributed by atoms with Crippen LogP contribution in [0.15, 0.2) is 42.5 Å². The molecule has 1 aliphatic heterocycles. The van der Waals surface area contributed by atoms with Crippen LogP contribution in [0, 0.1) is 0 Å². The molecule has 0 fully saturated rings. The average molecular weight is 653 g/mol. The highest BCUT2D eigenvalue weighted by Gasteiger charge is 2.60. The van der Waals surface area contributed by atoms with Crippen LogP contribution in [0.5, 0.6) is 0 Å². The molecule has 16 heteroatoms. The number of rotatable bonds is 8. The average Bonchev–Trinajstić information content (AvgIpc) is 3.31. The lowest BCUT2D eigenvalue weighted by molar-refractivity contribution is -0.269. The van der Waals surface area contributed by atoms with Gasteiger partial charge in [-0.3, -0.25) is 15.1 Å². The second-order valence-electron chi connectivity index (χ2n) is 8.75. The van der Waals surface area contributed by atoms with Gasteiger partial charge in [0.25, 0.3) is 5.91 Å². The topological polar surface area (TPSA) is 50.4 Å². The van der Waals surface area contributed by atoms with Crippen molar-refractivity contribution in [2.45, 2.75) is 49.0 Å². The molecule has 41 heavy (non-hydrogen) atoms. The van der Waals surface area contributed by atoms with Gasteiger partial charge in [0.2, 0.25) is 5.60 Å². The van der Waals surface area contributed by atoms with Crippen molar-refractivity contribution in [3.8, 4) is 0 Å². The molecule has 2 aromatic carbocycles. The molecule has 0 saturated carbocycles. The Morgan fingerprint density at radius 3 is 1.90 bits per heavy atom. The first-order valence-corrected chi connectivity index (χ1v) is 14.0. The number of anilines is 1. The van der Waals surface area contributed by atoms with E-state index < -0.39 is 50.6 Å². The van der Waals surface area contributed by atoms with Crippen LogP contribution in [0.25, 0.3) is 5.70 Å². The summed E-state index contributed by atoms with van der Waals surface area (Å²) in [7, 11) is 0. The first-order chi connectivity index (χ1) is 18.8. The second-order valence-corrected chi connectivity index (χ2v) is 12.8. The van der Waals surface area contributed by atoms with Crippen molar-refractivity contribution in [3.05, 3.63) is 69.8 Å². The van der Waals surface area contributed by atoms with Crippen molar-refractivity contribution in [2.24, 2.45) is 0 Å². The fourth-order valence-electron chi connectivity index (χ4n) is 3.90. The maximum atomic E-state index is 14.3. The number of benzene rings is 2. The van der Waals surface area contributed by atoms with E-state index in [-0.39, 0.29) is 40.4 Å². The van der Waals surface area contributed by atoms with Gasteiger partial charge in [-0.05, 0) is 54.8 Å². The summed E-state index contributed by atoms with van der Waals surface area (Å²) in [6.07, 6.45) is -15.9. The predicted molar refractivity (Wildman–Crippen MR) is 141 cm³/mol. The first kappa shape index (κ1) is 33.3. The van der Waals surface area contributed by atoms with E-state index in [1.54, 1.807) is 6.92 Å². The zero-order valence-electron chi connectivity index (χ0n) is 21.4. The number of carbonyl (C=O) groups is 1. The van der Waals surface area contributed by atoms with E-state index >= 15 is 0 Å². The summed E-state index contributed by atoms with van der Waals surface area (Å²) in [6, 6.07) is 3.34. The van der Waals surface area contributed by atoms with Gasteiger partial charge in [0, 0.05) is 11.1 Å². The zero-order valence-corrected chi connectivity index (χ0v) is 23.8. The number of carbonyl (C=O) groups excluding carboxylic acids is 1. The van der Waals surface area contributed by atoms with E-state index in [9.17, 15) is 44.3 Å². The summed E-state index contributed by atoms with van der Waals surface area (Å²) in [4.78, 5) is 17.6. The van der Waals surface area contributed by atoms with E-state index in [4.69, 9.17) is 16.4 Å². The highest BCUT2D eigenvalue weighted by molar-refractivity contribution is 8.19. The molecule has 1 atom stereocenters. The minimum absolute atomic E-state index is 0.0456. The van der Waals surface area contributed by atoms with Crippen LogP contribution in [0.3, 0.4) is 0 Å². The number of hydrogen-bond acceptors (Lipinski definition) is 5. The minimum Gasteiger partial charge on any atom is -0.323 e. The lowest BCUT2D eigenvalue weighted by Gasteiger charge is -2.29. The van der Waals surface area contributed by atoms with E-state index in [1.165, 1.54) is 35.7 Å². The maximum absolute atomic E-state index is 14.3. The standard InChI is InChI=1S/C25H22ClF9N2O2S2/c1-4-40-21(3,41-5-2)20(38)36-18-7-6-13(8-17(18)26)19-12-22(39-37-19,25(33,34)35)14-9-15(23(27,28)29)11-16(10-14)24(30,31)32/h6-12,37H,4-5H2,1-3H3,(H,36,38). The number of thioether (sulfide) groups is 2. The number of alkyl halides is 9. The molecule has 0 spiro atoms. The third-order valence-electron chi connectivity index (χ3n) is 5.89.